The zero-order valence-electron chi connectivity index (χ0n) is 11.5. The highest BCUT2D eigenvalue weighted by Crippen LogP contribution is 2.17. The lowest BCUT2D eigenvalue weighted by Gasteiger charge is -2.37. The maximum Gasteiger partial charge on any atom is 0.0521 e. The molecule has 4 heteroatoms. The van der Waals surface area contributed by atoms with Crippen LogP contribution >= 0.6 is 0 Å². The van der Waals surface area contributed by atoms with Crippen LogP contribution < -0.4 is 5.32 Å². The van der Waals surface area contributed by atoms with E-state index in [0.717, 1.165) is 39.1 Å². The van der Waals surface area contributed by atoms with Crippen LogP contribution in [0.15, 0.2) is 0 Å². The van der Waals surface area contributed by atoms with Gasteiger partial charge in [-0.15, -0.1) is 0 Å². The van der Waals surface area contributed by atoms with Crippen LogP contribution in [-0.2, 0) is 4.74 Å². The largest absolute Gasteiger partial charge is 0.396 e. The molecule has 0 amide bonds. The second-order valence-corrected chi connectivity index (χ2v) is 5.18. The van der Waals surface area contributed by atoms with E-state index in [4.69, 9.17) is 9.84 Å². The number of hydrogen-bond acceptors (Lipinski definition) is 4. The number of rotatable bonds is 7. The molecule has 4 nitrogen and oxygen atoms in total. The van der Waals surface area contributed by atoms with Crippen LogP contribution in [0.1, 0.15) is 26.7 Å². The van der Waals surface area contributed by atoms with Crippen LogP contribution in [0.2, 0.25) is 0 Å². The van der Waals surface area contributed by atoms with Gasteiger partial charge in [-0.05, 0) is 33.7 Å². The zero-order chi connectivity index (χ0) is 12.7. The quantitative estimate of drug-likeness (QED) is 0.692. The van der Waals surface area contributed by atoms with E-state index in [0.29, 0.717) is 18.0 Å². The van der Waals surface area contributed by atoms with Gasteiger partial charge in [0.2, 0.25) is 0 Å². The molecule has 1 aliphatic rings. The van der Waals surface area contributed by atoms with Crippen LogP contribution in [0.5, 0.6) is 0 Å². The minimum atomic E-state index is 0.278. The molecule has 0 bridgehead atoms. The van der Waals surface area contributed by atoms with E-state index in [9.17, 15) is 0 Å². The molecular formula is C13H28N2O2. The molecule has 2 unspecified atom stereocenters. The number of aliphatic hydroxyl groups is 1. The summed E-state index contributed by atoms with van der Waals surface area (Å²) in [5.74, 6) is 0.565. The number of hydrogen-bond donors (Lipinski definition) is 2. The summed E-state index contributed by atoms with van der Waals surface area (Å²) in [5, 5.41) is 12.3. The van der Waals surface area contributed by atoms with Crippen molar-refractivity contribution in [3.63, 3.8) is 0 Å². The van der Waals surface area contributed by atoms with Crippen molar-refractivity contribution in [2.45, 2.75) is 38.8 Å². The maximum absolute atomic E-state index is 8.94. The SMILES string of the molecule is CNC1CCOCC1CN(CCCO)C(C)C. The predicted octanol–water partition coefficient (Wildman–Crippen LogP) is 0.704. The summed E-state index contributed by atoms with van der Waals surface area (Å²) in [4.78, 5) is 2.44. The Bertz CT molecular complexity index is 200. The highest BCUT2D eigenvalue weighted by Gasteiger charge is 2.26. The molecule has 2 N–H and O–H groups in total. The Morgan fingerprint density at radius 3 is 2.82 bits per heavy atom. The van der Waals surface area contributed by atoms with E-state index in [1.165, 1.54) is 0 Å². The van der Waals surface area contributed by atoms with Crippen molar-refractivity contribution in [3.8, 4) is 0 Å². The van der Waals surface area contributed by atoms with E-state index in [2.05, 4.69) is 24.1 Å². The van der Waals surface area contributed by atoms with Gasteiger partial charge < -0.3 is 20.1 Å². The van der Waals surface area contributed by atoms with E-state index in [1.807, 2.05) is 7.05 Å². The van der Waals surface area contributed by atoms with Crippen molar-refractivity contribution < 1.29 is 9.84 Å². The van der Waals surface area contributed by atoms with Crippen molar-refractivity contribution >= 4 is 0 Å². The average molecular weight is 244 g/mol. The van der Waals surface area contributed by atoms with Gasteiger partial charge in [0.1, 0.15) is 0 Å². The van der Waals surface area contributed by atoms with Gasteiger partial charge in [-0.25, -0.2) is 0 Å². The molecule has 0 aromatic carbocycles. The molecule has 0 aromatic heterocycles. The Hall–Kier alpha value is -0.160. The van der Waals surface area contributed by atoms with Crippen molar-refractivity contribution in [1.29, 1.82) is 0 Å². The normalized spacial score (nSPS) is 25.8. The Balaban J connectivity index is 2.45. The lowest BCUT2D eigenvalue weighted by molar-refractivity contribution is 0.0131. The second-order valence-electron chi connectivity index (χ2n) is 5.18. The van der Waals surface area contributed by atoms with Gasteiger partial charge in [0.15, 0.2) is 0 Å². The maximum atomic E-state index is 8.94. The Morgan fingerprint density at radius 1 is 1.47 bits per heavy atom. The number of nitrogens with one attached hydrogen (secondary N) is 1. The molecule has 102 valence electrons. The third-order valence-corrected chi connectivity index (χ3v) is 3.65. The summed E-state index contributed by atoms with van der Waals surface area (Å²) in [5.41, 5.74) is 0. The smallest absolute Gasteiger partial charge is 0.0521 e. The van der Waals surface area contributed by atoms with Gasteiger partial charge in [-0.1, -0.05) is 0 Å². The van der Waals surface area contributed by atoms with Crippen LogP contribution in [0.4, 0.5) is 0 Å². The predicted molar refractivity (Wildman–Crippen MR) is 70.2 cm³/mol. The zero-order valence-corrected chi connectivity index (χ0v) is 11.5. The van der Waals surface area contributed by atoms with E-state index < -0.39 is 0 Å². The second kappa shape index (κ2) is 8.03. The highest BCUT2D eigenvalue weighted by molar-refractivity contribution is 4.82. The molecule has 0 radical (unpaired) electrons. The third-order valence-electron chi connectivity index (χ3n) is 3.65. The van der Waals surface area contributed by atoms with Gasteiger partial charge in [0.25, 0.3) is 0 Å². The Kier molecular flexibility index (Phi) is 7.04. The fraction of sp³-hybridized carbons (Fsp3) is 1.00. The molecule has 0 spiro atoms. The fourth-order valence-electron chi connectivity index (χ4n) is 2.49. The summed E-state index contributed by atoms with van der Waals surface area (Å²) in [7, 11) is 2.04. The fourth-order valence-corrected chi connectivity index (χ4v) is 2.49. The van der Waals surface area contributed by atoms with E-state index in [-0.39, 0.29) is 6.61 Å². The Labute approximate surface area is 105 Å². The number of aliphatic hydroxyl groups excluding tert-OH is 1. The molecule has 1 heterocycles. The minimum absolute atomic E-state index is 0.278. The molecule has 2 atom stereocenters. The molecule has 0 saturated carbocycles. The molecule has 1 fully saturated rings. The van der Waals surface area contributed by atoms with Crippen LogP contribution in [0.25, 0.3) is 0 Å². The van der Waals surface area contributed by atoms with Gasteiger partial charge in [0.05, 0.1) is 6.61 Å². The molecule has 1 rings (SSSR count). The van der Waals surface area contributed by atoms with E-state index in [1.54, 1.807) is 0 Å². The van der Waals surface area contributed by atoms with Crippen LogP contribution in [0.3, 0.4) is 0 Å². The lowest BCUT2D eigenvalue weighted by atomic mass is 9.95. The summed E-state index contributed by atoms with van der Waals surface area (Å²) in [6.07, 6.45) is 1.96. The minimum Gasteiger partial charge on any atom is -0.396 e. The van der Waals surface area contributed by atoms with Crippen LogP contribution in [-0.4, -0.2) is 62.0 Å². The molecule has 17 heavy (non-hydrogen) atoms. The average Bonchev–Trinajstić information content (AvgIpc) is 2.34. The van der Waals surface area contributed by atoms with Crippen molar-refractivity contribution in [1.82, 2.24) is 10.2 Å². The molecule has 1 aliphatic heterocycles. The van der Waals surface area contributed by atoms with E-state index >= 15 is 0 Å². The lowest BCUT2D eigenvalue weighted by Crippen LogP contribution is -2.48. The van der Waals surface area contributed by atoms with Gasteiger partial charge in [0, 0.05) is 44.3 Å². The van der Waals surface area contributed by atoms with Gasteiger partial charge >= 0.3 is 0 Å². The van der Waals surface area contributed by atoms with Crippen molar-refractivity contribution in [3.05, 3.63) is 0 Å². The molecule has 0 aliphatic carbocycles. The highest BCUT2D eigenvalue weighted by atomic mass is 16.5. The number of nitrogens with zero attached hydrogens (tertiary/aromatic N) is 1. The topological polar surface area (TPSA) is 44.7 Å². The Morgan fingerprint density at radius 2 is 2.24 bits per heavy atom. The van der Waals surface area contributed by atoms with Crippen molar-refractivity contribution in [2.75, 3.05) is 40.0 Å². The molecular weight excluding hydrogens is 216 g/mol. The summed E-state index contributed by atoms with van der Waals surface area (Å²) in [6.45, 7) is 8.48. The summed E-state index contributed by atoms with van der Waals surface area (Å²) < 4.78 is 5.58. The summed E-state index contributed by atoms with van der Waals surface area (Å²) >= 11 is 0. The van der Waals surface area contributed by atoms with Crippen LogP contribution in [0, 0.1) is 5.92 Å². The molecule has 0 aromatic rings. The monoisotopic (exact) mass is 244 g/mol. The first-order valence-corrected chi connectivity index (χ1v) is 6.79. The standard InChI is InChI=1S/C13H28N2O2/c1-11(2)15(6-4-7-16)9-12-10-17-8-5-13(12)14-3/h11-14,16H,4-10H2,1-3H3. The third kappa shape index (κ3) is 4.92. The summed E-state index contributed by atoms with van der Waals surface area (Å²) in [6, 6.07) is 1.10. The van der Waals surface area contributed by atoms with Crippen molar-refractivity contribution in [2.24, 2.45) is 5.92 Å². The first-order chi connectivity index (χ1) is 8.19. The number of ether oxygens (including phenoxy) is 1. The first kappa shape index (κ1) is 14.9. The first-order valence-electron chi connectivity index (χ1n) is 6.79. The van der Waals surface area contributed by atoms with Gasteiger partial charge in [-0.3, -0.25) is 0 Å². The van der Waals surface area contributed by atoms with Gasteiger partial charge in [-0.2, -0.15) is 0 Å². The molecule has 1 saturated heterocycles.